The zero-order valence-corrected chi connectivity index (χ0v) is 14.2. The van der Waals surface area contributed by atoms with Gasteiger partial charge in [-0.2, -0.15) is 4.98 Å². The van der Waals surface area contributed by atoms with Crippen molar-refractivity contribution < 1.29 is 14.1 Å². The van der Waals surface area contributed by atoms with Gasteiger partial charge in [-0.05, 0) is 42.7 Å². The van der Waals surface area contributed by atoms with Crippen LogP contribution >= 0.6 is 0 Å². The molecule has 1 amide bonds. The Balaban J connectivity index is 1.19. The highest BCUT2D eigenvalue weighted by Crippen LogP contribution is 2.28. The molecule has 0 saturated carbocycles. The maximum Gasteiger partial charge on any atom is 0.255 e. The van der Waals surface area contributed by atoms with E-state index in [1.165, 1.54) is 11.1 Å². The smallest absolute Gasteiger partial charge is 0.255 e. The van der Waals surface area contributed by atoms with E-state index in [4.69, 9.17) is 9.26 Å². The molecule has 1 N–H and O–H groups in total. The molecule has 6 heteroatoms. The van der Waals surface area contributed by atoms with Crippen molar-refractivity contribution in [3.8, 4) is 0 Å². The van der Waals surface area contributed by atoms with Crippen LogP contribution in [0.25, 0.3) is 0 Å². The number of nitrogens with one attached hydrogen (secondary N) is 1. The molecular formula is C19H23N3O3. The van der Waals surface area contributed by atoms with Crippen LogP contribution in [0.1, 0.15) is 48.2 Å². The van der Waals surface area contributed by atoms with Gasteiger partial charge in [-0.1, -0.05) is 29.4 Å². The normalized spacial score (nSPS) is 19.9. The van der Waals surface area contributed by atoms with Crippen molar-refractivity contribution in [2.75, 3.05) is 13.2 Å². The molecular weight excluding hydrogens is 318 g/mol. The van der Waals surface area contributed by atoms with Crippen LogP contribution in [0, 0.1) is 5.92 Å². The number of aromatic nitrogens is 2. The number of benzene rings is 1. The van der Waals surface area contributed by atoms with E-state index >= 15 is 0 Å². The third-order valence-corrected chi connectivity index (χ3v) is 4.97. The van der Waals surface area contributed by atoms with E-state index in [0.717, 1.165) is 32.3 Å². The molecule has 2 aliphatic rings. The van der Waals surface area contributed by atoms with Gasteiger partial charge in [0, 0.05) is 26.0 Å². The van der Waals surface area contributed by atoms with Crippen molar-refractivity contribution in [2.45, 2.75) is 44.6 Å². The van der Waals surface area contributed by atoms with E-state index in [1.54, 1.807) is 0 Å². The van der Waals surface area contributed by atoms with E-state index in [1.807, 2.05) is 0 Å². The number of ether oxygens (including phenoxy) is 1. The first kappa shape index (κ1) is 16.3. The fraction of sp³-hybridized carbons (Fsp3) is 0.526. The van der Waals surface area contributed by atoms with Gasteiger partial charge in [0.15, 0.2) is 5.82 Å². The highest BCUT2D eigenvalue weighted by atomic mass is 16.5. The van der Waals surface area contributed by atoms with Gasteiger partial charge in [-0.25, -0.2) is 0 Å². The first-order chi connectivity index (χ1) is 12.3. The Hall–Kier alpha value is -2.21. The summed E-state index contributed by atoms with van der Waals surface area (Å²) in [6, 6.07) is 8.46. The predicted octanol–water partition coefficient (Wildman–Crippen LogP) is 2.38. The van der Waals surface area contributed by atoms with Crippen LogP contribution in [0.4, 0.5) is 0 Å². The summed E-state index contributed by atoms with van der Waals surface area (Å²) in [4.78, 5) is 16.5. The van der Waals surface area contributed by atoms with Crippen LogP contribution in [0.3, 0.4) is 0 Å². The van der Waals surface area contributed by atoms with Crippen LogP contribution in [-0.2, 0) is 28.8 Å². The highest BCUT2D eigenvalue weighted by molar-refractivity contribution is 5.76. The van der Waals surface area contributed by atoms with Gasteiger partial charge in [0.2, 0.25) is 5.91 Å². The van der Waals surface area contributed by atoms with Crippen LogP contribution < -0.4 is 5.32 Å². The molecule has 4 rings (SSSR count). The SMILES string of the molecule is O=C(CC1Cc2ccccc2C1)NCCc1noc([C@@H]2CCCO2)n1. The lowest BCUT2D eigenvalue weighted by Gasteiger charge is -2.09. The first-order valence-electron chi connectivity index (χ1n) is 9.05. The molecule has 0 radical (unpaired) electrons. The maximum absolute atomic E-state index is 12.2. The summed E-state index contributed by atoms with van der Waals surface area (Å²) in [6.45, 7) is 1.28. The number of nitrogens with zero attached hydrogens (tertiary/aromatic N) is 2. The standard InChI is InChI=1S/C19H23N3O3/c23-18(12-13-10-14-4-1-2-5-15(14)11-13)20-8-7-17-21-19(25-22-17)16-6-3-9-24-16/h1-2,4-5,13,16H,3,6-12H2,(H,20,23)/t16-/m0/s1. The summed E-state index contributed by atoms with van der Waals surface area (Å²) < 4.78 is 10.8. The average Bonchev–Trinajstić information content (AvgIpc) is 3.34. The first-order valence-corrected chi connectivity index (χ1v) is 9.05. The lowest BCUT2D eigenvalue weighted by molar-refractivity contribution is -0.121. The third kappa shape index (κ3) is 3.90. The Kier molecular flexibility index (Phi) is 4.78. The van der Waals surface area contributed by atoms with Gasteiger partial charge in [-0.15, -0.1) is 0 Å². The molecule has 0 bridgehead atoms. The lowest BCUT2D eigenvalue weighted by Crippen LogP contribution is -2.28. The van der Waals surface area contributed by atoms with E-state index < -0.39 is 0 Å². The fourth-order valence-corrected chi connectivity index (χ4v) is 3.71. The zero-order chi connectivity index (χ0) is 17.1. The Morgan fingerprint density at radius 1 is 1.24 bits per heavy atom. The summed E-state index contributed by atoms with van der Waals surface area (Å²) in [5, 5.41) is 6.94. The second kappa shape index (κ2) is 7.35. The van der Waals surface area contributed by atoms with Crippen molar-refractivity contribution in [1.82, 2.24) is 15.5 Å². The summed E-state index contributed by atoms with van der Waals surface area (Å²) in [5.41, 5.74) is 2.77. The lowest BCUT2D eigenvalue weighted by atomic mass is 10.0. The second-order valence-electron chi connectivity index (χ2n) is 6.90. The summed E-state index contributed by atoms with van der Waals surface area (Å²) in [7, 11) is 0. The highest BCUT2D eigenvalue weighted by Gasteiger charge is 2.24. The molecule has 1 aliphatic carbocycles. The molecule has 25 heavy (non-hydrogen) atoms. The number of hydrogen-bond donors (Lipinski definition) is 1. The fourth-order valence-electron chi connectivity index (χ4n) is 3.71. The van der Waals surface area contributed by atoms with Crippen molar-refractivity contribution in [1.29, 1.82) is 0 Å². The average molecular weight is 341 g/mol. The molecule has 2 heterocycles. The largest absolute Gasteiger partial charge is 0.368 e. The van der Waals surface area contributed by atoms with Crippen molar-refractivity contribution in [3.05, 3.63) is 47.1 Å². The molecule has 1 atom stereocenters. The van der Waals surface area contributed by atoms with Gasteiger partial charge >= 0.3 is 0 Å². The van der Waals surface area contributed by atoms with Gasteiger partial charge in [0.05, 0.1) is 0 Å². The Morgan fingerprint density at radius 2 is 2.04 bits per heavy atom. The molecule has 132 valence electrons. The Labute approximate surface area is 147 Å². The third-order valence-electron chi connectivity index (χ3n) is 4.97. The molecule has 1 aliphatic heterocycles. The second-order valence-corrected chi connectivity index (χ2v) is 6.90. The van der Waals surface area contributed by atoms with E-state index in [-0.39, 0.29) is 12.0 Å². The molecule has 1 saturated heterocycles. The Bertz CT molecular complexity index is 712. The number of carbonyl (C=O) groups is 1. The molecule has 0 unspecified atom stereocenters. The minimum Gasteiger partial charge on any atom is -0.368 e. The quantitative estimate of drug-likeness (QED) is 0.873. The van der Waals surface area contributed by atoms with Crippen LogP contribution in [0.15, 0.2) is 28.8 Å². The van der Waals surface area contributed by atoms with Crippen LogP contribution in [0.2, 0.25) is 0 Å². The van der Waals surface area contributed by atoms with Crippen LogP contribution in [-0.4, -0.2) is 29.2 Å². The molecule has 0 spiro atoms. The molecule has 6 nitrogen and oxygen atoms in total. The number of hydrogen-bond acceptors (Lipinski definition) is 5. The Morgan fingerprint density at radius 3 is 2.76 bits per heavy atom. The topological polar surface area (TPSA) is 77.2 Å². The monoisotopic (exact) mass is 341 g/mol. The number of carbonyl (C=O) groups excluding carboxylic acids is 1. The van der Waals surface area contributed by atoms with Gasteiger partial charge in [0.1, 0.15) is 6.10 Å². The van der Waals surface area contributed by atoms with E-state index in [0.29, 0.717) is 37.0 Å². The number of fused-ring (bicyclic) bond motifs is 1. The zero-order valence-electron chi connectivity index (χ0n) is 14.2. The number of amides is 1. The summed E-state index contributed by atoms with van der Waals surface area (Å²) in [5.74, 6) is 1.69. The van der Waals surface area contributed by atoms with Gasteiger partial charge < -0.3 is 14.6 Å². The molecule has 1 fully saturated rings. The maximum atomic E-state index is 12.2. The molecule has 1 aromatic carbocycles. The van der Waals surface area contributed by atoms with Gasteiger partial charge in [-0.3, -0.25) is 4.79 Å². The van der Waals surface area contributed by atoms with Crippen molar-refractivity contribution >= 4 is 5.91 Å². The minimum absolute atomic E-state index is 0.0557. The van der Waals surface area contributed by atoms with Crippen LogP contribution in [0.5, 0.6) is 0 Å². The predicted molar refractivity (Wildman–Crippen MR) is 90.9 cm³/mol. The van der Waals surface area contributed by atoms with Crippen molar-refractivity contribution in [3.63, 3.8) is 0 Å². The summed E-state index contributed by atoms with van der Waals surface area (Å²) >= 11 is 0. The summed E-state index contributed by atoms with van der Waals surface area (Å²) in [6.07, 6.45) is 5.05. The molecule has 1 aromatic heterocycles. The van der Waals surface area contributed by atoms with E-state index in [9.17, 15) is 4.79 Å². The number of rotatable bonds is 6. The van der Waals surface area contributed by atoms with Crippen molar-refractivity contribution in [2.24, 2.45) is 5.92 Å². The van der Waals surface area contributed by atoms with Gasteiger partial charge in [0.25, 0.3) is 5.89 Å². The molecule has 2 aromatic rings. The minimum atomic E-state index is -0.0557. The van der Waals surface area contributed by atoms with E-state index in [2.05, 4.69) is 39.7 Å².